The summed E-state index contributed by atoms with van der Waals surface area (Å²) in [5.74, 6) is -0.425. The second kappa shape index (κ2) is 8.05. The number of rotatable bonds is 4. The van der Waals surface area contributed by atoms with Gasteiger partial charge in [-0.2, -0.15) is 4.31 Å². The van der Waals surface area contributed by atoms with Crippen LogP contribution in [0.4, 0.5) is 4.39 Å². The Kier molecular flexibility index (Phi) is 5.97. The normalized spacial score (nSPS) is 17.2. The second-order valence-electron chi connectivity index (χ2n) is 6.57. The number of nitrogens with zero attached hydrogens (tertiary/aromatic N) is 2. The largest absolute Gasteiger partial charge is 0.298 e. The molecule has 0 N–H and O–H groups in total. The zero-order valence-electron chi connectivity index (χ0n) is 14.7. The Balaban J connectivity index is 1.70. The van der Waals surface area contributed by atoms with Crippen LogP contribution in [0.5, 0.6) is 0 Å². The van der Waals surface area contributed by atoms with Crippen LogP contribution in [0.25, 0.3) is 0 Å². The highest BCUT2D eigenvalue weighted by atomic mass is 35.5. The minimum Gasteiger partial charge on any atom is -0.298 e. The molecule has 0 aromatic heterocycles. The predicted octanol–water partition coefficient (Wildman–Crippen LogP) is 3.68. The number of hydrogen-bond acceptors (Lipinski definition) is 3. The summed E-state index contributed by atoms with van der Waals surface area (Å²) < 4.78 is 40.7. The van der Waals surface area contributed by atoms with Crippen LogP contribution >= 0.6 is 11.6 Å². The third kappa shape index (κ3) is 4.43. The predicted molar refractivity (Wildman–Crippen MR) is 101 cm³/mol. The molecule has 1 aliphatic heterocycles. The van der Waals surface area contributed by atoms with E-state index >= 15 is 0 Å². The van der Waals surface area contributed by atoms with Gasteiger partial charge < -0.3 is 0 Å². The van der Waals surface area contributed by atoms with Crippen molar-refractivity contribution in [3.05, 3.63) is 64.4 Å². The fourth-order valence-corrected chi connectivity index (χ4v) is 5.04. The Morgan fingerprint density at radius 1 is 1.04 bits per heavy atom. The molecule has 0 radical (unpaired) electrons. The van der Waals surface area contributed by atoms with E-state index in [2.05, 4.69) is 4.90 Å². The fourth-order valence-electron chi connectivity index (χ4n) is 3.24. The topological polar surface area (TPSA) is 40.6 Å². The summed E-state index contributed by atoms with van der Waals surface area (Å²) in [4.78, 5) is 2.43. The van der Waals surface area contributed by atoms with Crippen LogP contribution in [-0.2, 0) is 16.6 Å². The summed E-state index contributed by atoms with van der Waals surface area (Å²) in [6.45, 7) is 4.77. The summed E-state index contributed by atoms with van der Waals surface area (Å²) >= 11 is 5.92. The van der Waals surface area contributed by atoms with E-state index in [0.717, 1.165) is 25.1 Å². The van der Waals surface area contributed by atoms with Gasteiger partial charge in [-0.15, -0.1) is 0 Å². The highest BCUT2D eigenvalue weighted by Gasteiger charge is 2.28. The lowest BCUT2D eigenvalue weighted by Gasteiger charge is -2.22. The maximum Gasteiger partial charge on any atom is 0.243 e. The van der Waals surface area contributed by atoms with Crippen molar-refractivity contribution in [3.63, 3.8) is 0 Å². The van der Waals surface area contributed by atoms with E-state index < -0.39 is 15.8 Å². The second-order valence-corrected chi connectivity index (χ2v) is 8.91. The first-order chi connectivity index (χ1) is 12.4. The van der Waals surface area contributed by atoms with Crippen LogP contribution in [0.1, 0.15) is 17.5 Å². The Morgan fingerprint density at radius 3 is 2.46 bits per heavy atom. The molecule has 0 aliphatic carbocycles. The van der Waals surface area contributed by atoms with Gasteiger partial charge in [0.2, 0.25) is 10.0 Å². The minimum atomic E-state index is -3.61. The van der Waals surface area contributed by atoms with E-state index in [1.807, 2.05) is 24.3 Å². The van der Waals surface area contributed by atoms with Gasteiger partial charge in [-0.05, 0) is 61.3 Å². The van der Waals surface area contributed by atoms with Crippen molar-refractivity contribution in [2.24, 2.45) is 0 Å². The summed E-state index contributed by atoms with van der Waals surface area (Å²) in [6, 6.07) is 11.5. The van der Waals surface area contributed by atoms with E-state index in [-0.39, 0.29) is 4.90 Å². The fraction of sp³-hybridized carbons (Fsp3) is 0.368. The molecule has 0 saturated carbocycles. The molecule has 1 saturated heterocycles. The van der Waals surface area contributed by atoms with Gasteiger partial charge in [0.15, 0.2) is 0 Å². The van der Waals surface area contributed by atoms with Crippen LogP contribution < -0.4 is 0 Å². The molecule has 0 bridgehead atoms. The molecule has 3 rings (SSSR count). The van der Waals surface area contributed by atoms with Crippen LogP contribution in [0, 0.1) is 12.7 Å². The Bertz CT molecular complexity index is 872. The van der Waals surface area contributed by atoms with Gasteiger partial charge in [-0.25, -0.2) is 12.8 Å². The molecule has 26 heavy (non-hydrogen) atoms. The lowest BCUT2D eigenvalue weighted by Crippen LogP contribution is -2.35. The third-order valence-electron chi connectivity index (χ3n) is 4.62. The number of sulfonamides is 1. The highest BCUT2D eigenvalue weighted by molar-refractivity contribution is 7.89. The average Bonchev–Trinajstić information content (AvgIpc) is 2.83. The summed E-state index contributed by atoms with van der Waals surface area (Å²) in [7, 11) is -3.61. The molecule has 7 heteroatoms. The summed E-state index contributed by atoms with van der Waals surface area (Å²) in [5, 5.41) is 0.705. The van der Waals surface area contributed by atoms with E-state index in [4.69, 9.17) is 11.6 Å². The highest BCUT2D eigenvalue weighted by Crippen LogP contribution is 2.22. The van der Waals surface area contributed by atoms with Crippen molar-refractivity contribution in [1.29, 1.82) is 0 Å². The minimum absolute atomic E-state index is 0.185. The molecule has 140 valence electrons. The van der Waals surface area contributed by atoms with Gasteiger partial charge in [-0.3, -0.25) is 4.90 Å². The summed E-state index contributed by atoms with van der Waals surface area (Å²) in [5.41, 5.74) is 1.59. The molecule has 1 heterocycles. The molecule has 2 aromatic carbocycles. The van der Waals surface area contributed by atoms with Gasteiger partial charge >= 0.3 is 0 Å². The first kappa shape index (κ1) is 19.3. The van der Waals surface area contributed by atoms with Crippen LogP contribution in [0.2, 0.25) is 5.02 Å². The molecule has 1 aliphatic rings. The van der Waals surface area contributed by atoms with Crippen LogP contribution in [-0.4, -0.2) is 43.8 Å². The molecule has 0 spiro atoms. The van der Waals surface area contributed by atoms with E-state index in [1.165, 1.54) is 22.5 Å². The van der Waals surface area contributed by atoms with Gasteiger partial charge in [0, 0.05) is 31.2 Å². The molecule has 4 nitrogen and oxygen atoms in total. The van der Waals surface area contributed by atoms with Gasteiger partial charge in [0.25, 0.3) is 0 Å². The SMILES string of the molecule is Cc1cc(F)ccc1S(=O)(=O)N1CCCN(Cc2ccc(Cl)cc2)CC1. The molecule has 0 amide bonds. The molecule has 2 aromatic rings. The lowest BCUT2D eigenvalue weighted by atomic mass is 10.2. The summed E-state index contributed by atoms with van der Waals surface area (Å²) in [6.07, 6.45) is 0.757. The number of aryl methyl sites for hydroxylation is 1. The Labute approximate surface area is 159 Å². The maximum absolute atomic E-state index is 13.3. The molecular weight excluding hydrogens is 375 g/mol. The molecular formula is C19H22ClFN2O2S. The Morgan fingerprint density at radius 2 is 1.77 bits per heavy atom. The Hall–Kier alpha value is -1.47. The van der Waals surface area contributed by atoms with Crippen LogP contribution in [0.3, 0.4) is 0 Å². The standard InChI is InChI=1S/C19H22ClFN2O2S/c1-15-13-18(21)7-8-19(15)26(24,25)23-10-2-9-22(11-12-23)14-16-3-5-17(20)6-4-16/h3-8,13H,2,9-12,14H2,1H3. The number of hydrogen-bond donors (Lipinski definition) is 0. The van der Waals surface area contributed by atoms with Crippen molar-refractivity contribution >= 4 is 21.6 Å². The molecule has 0 unspecified atom stereocenters. The average molecular weight is 397 g/mol. The maximum atomic E-state index is 13.3. The zero-order chi connectivity index (χ0) is 18.7. The van der Waals surface area contributed by atoms with Crippen molar-refractivity contribution in [2.45, 2.75) is 24.8 Å². The van der Waals surface area contributed by atoms with Gasteiger partial charge in [0.1, 0.15) is 5.82 Å². The van der Waals surface area contributed by atoms with E-state index in [0.29, 0.717) is 30.2 Å². The van der Waals surface area contributed by atoms with Crippen molar-refractivity contribution in [1.82, 2.24) is 9.21 Å². The third-order valence-corrected chi connectivity index (χ3v) is 6.93. The quantitative estimate of drug-likeness (QED) is 0.791. The van der Waals surface area contributed by atoms with Crippen molar-refractivity contribution < 1.29 is 12.8 Å². The van der Waals surface area contributed by atoms with Gasteiger partial charge in [-0.1, -0.05) is 23.7 Å². The molecule has 1 fully saturated rings. The smallest absolute Gasteiger partial charge is 0.243 e. The number of halogens is 2. The first-order valence-electron chi connectivity index (χ1n) is 8.59. The number of benzene rings is 2. The van der Waals surface area contributed by atoms with Gasteiger partial charge in [0.05, 0.1) is 4.90 Å². The van der Waals surface area contributed by atoms with E-state index in [9.17, 15) is 12.8 Å². The monoisotopic (exact) mass is 396 g/mol. The van der Waals surface area contributed by atoms with Crippen molar-refractivity contribution in [2.75, 3.05) is 26.2 Å². The lowest BCUT2D eigenvalue weighted by molar-refractivity contribution is 0.278. The van der Waals surface area contributed by atoms with Crippen molar-refractivity contribution in [3.8, 4) is 0 Å². The van der Waals surface area contributed by atoms with Crippen LogP contribution in [0.15, 0.2) is 47.4 Å². The van der Waals surface area contributed by atoms with E-state index in [1.54, 1.807) is 6.92 Å². The first-order valence-corrected chi connectivity index (χ1v) is 10.4. The molecule has 0 atom stereocenters. The zero-order valence-corrected chi connectivity index (χ0v) is 16.2.